The smallest absolute Gasteiger partial charge is 0.172 e. The highest BCUT2D eigenvalue weighted by molar-refractivity contribution is 5.59. The Morgan fingerprint density at radius 3 is 2.37 bits per heavy atom. The van der Waals surface area contributed by atoms with Gasteiger partial charge in [0.1, 0.15) is 5.75 Å². The van der Waals surface area contributed by atoms with Crippen LogP contribution in [0.25, 0.3) is 0 Å². The van der Waals surface area contributed by atoms with Gasteiger partial charge in [-0.1, -0.05) is 51.1 Å². The maximum absolute atomic E-state index is 10.0. The van der Waals surface area contributed by atoms with Crippen molar-refractivity contribution in [1.82, 2.24) is 0 Å². The molecule has 1 aliphatic rings. The molecule has 0 bridgehead atoms. The third-order valence-corrected chi connectivity index (χ3v) is 3.64. The predicted octanol–water partition coefficient (Wildman–Crippen LogP) is 4.68. The average Bonchev–Trinajstić information content (AvgIpc) is 2.35. The number of fused-ring (bicyclic) bond motifs is 2. The molecule has 0 aromatic heterocycles. The Balaban J connectivity index is 2.27. The van der Waals surface area contributed by atoms with Crippen molar-refractivity contribution in [3.63, 3.8) is 0 Å². The highest BCUT2D eigenvalue weighted by Gasteiger charge is 2.36. The van der Waals surface area contributed by atoms with Crippen LogP contribution >= 0.6 is 0 Å². The topological polar surface area (TPSA) is 29.5 Å². The third-order valence-electron chi connectivity index (χ3n) is 3.64. The summed E-state index contributed by atoms with van der Waals surface area (Å²) in [5.41, 5.74) is 2.31. The summed E-state index contributed by atoms with van der Waals surface area (Å²) in [7, 11) is 0. The molecule has 2 aromatic rings. The van der Waals surface area contributed by atoms with Crippen molar-refractivity contribution in [2.24, 2.45) is 5.41 Å². The highest BCUT2D eigenvalue weighted by Crippen LogP contribution is 2.53. The molecule has 1 atom stereocenters. The first-order valence-corrected chi connectivity index (χ1v) is 6.57. The predicted molar refractivity (Wildman–Crippen MR) is 75.9 cm³/mol. The van der Waals surface area contributed by atoms with Crippen molar-refractivity contribution >= 4 is 0 Å². The van der Waals surface area contributed by atoms with E-state index >= 15 is 0 Å². The molecule has 1 unspecified atom stereocenters. The number of phenols is 1. The number of hydrogen-bond acceptors (Lipinski definition) is 2. The van der Waals surface area contributed by atoms with E-state index in [0.29, 0.717) is 5.75 Å². The normalized spacial score (nSPS) is 17.3. The zero-order valence-corrected chi connectivity index (χ0v) is 11.5. The highest BCUT2D eigenvalue weighted by atomic mass is 16.5. The van der Waals surface area contributed by atoms with Crippen molar-refractivity contribution in [2.75, 3.05) is 0 Å². The number of benzene rings is 2. The van der Waals surface area contributed by atoms with Gasteiger partial charge in [-0.15, -0.1) is 0 Å². The number of hydrogen-bond donors (Lipinski definition) is 1. The summed E-state index contributed by atoms with van der Waals surface area (Å²) < 4.78 is 5.88. The van der Waals surface area contributed by atoms with Gasteiger partial charge in [0.15, 0.2) is 11.5 Å². The molecular weight excluding hydrogens is 236 g/mol. The molecule has 0 saturated heterocycles. The number of rotatable bonds is 0. The van der Waals surface area contributed by atoms with Gasteiger partial charge >= 0.3 is 0 Å². The van der Waals surface area contributed by atoms with E-state index in [9.17, 15) is 5.11 Å². The van der Waals surface area contributed by atoms with Crippen LogP contribution in [0.4, 0.5) is 0 Å². The lowest BCUT2D eigenvalue weighted by molar-refractivity contribution is 0.317. The summed E-state index contributed by atoms with van der Waals surface area (Å²) in [6, 6.07) is 13.7. The minimum atomic E-state index is 0.0580. The number of phenolic OH excluding ortho intramolecular Hbond substituents is 1. The van der Waals surface area contributed by atoms with Gasteiger partial charge in [-0.05, 0) is 17.5 Å². The van der Waals surface area contributed by atoms with E-state index in [0.717, 1.165) is 11.3 Å². The lowest BCUT2D eigenvalue weighted by Gasteiger charge is -2.37. The van der Waals surface area contributed by atoms with Crippen LogP contribution in [0.3, 0.4) is 0 Å². The molecule has 2 aromatic carbocycles. The van der Waals surface area contributed by atoms with E-state index < -0.39 is 0 Å². The molecule has 19 heavy (non-hydrogen) atoms. The fourth-order valence-corrected chi connectivity index (χ4v) is 2.90. The summed E-state index contributed by atoms with van der Waals surface area (Å²) in [5.74, 6) is 1.87. The molecule has 1 N–H and O–H groups in total. The quantitative estimate of drug-likeness (QED) is 0.740. The van der Waals surface area contributed by atoms with Crippen molar-refractivity contribution in [3.05, 3.63) is 53.6 Å². The molecule has 2 nitrogen and oxygen atoms in total. The first-order chi connectivity index (χ1) is 8.98. The molecular formula is C17H18O2. The molecule has 0 radical (unpaired) electrons. The molecule has 0 spiro atoms. The van der Waals surface area contributed by atoms with Crippen LogP contribution in [-0.2, 0) is 0 Å². The maximum Gasteiger partial charge on any atom is 0.172 e. The molecule has 1 aliphatic heterocycles. The SMILES string of the molecule is CC(C)(C)C1c2ccccc2Oc2c(O)cccc21. The third kappa shape index (κ3) is 1.88. The van der Waals surface area contributed by atoms with Gasteiger partial charge in [0, 0.05) is 17.0 Å². The van der Waals surface area contributed by atoms with Crippen molar-refractivity contribution < 1.29 is 9.84 Å². The van der Waals surface area contributed by atoms with Gasteiger partial charge in [0.05, 0.1) is 0 Å². The Labute approximate surface area is 113 Å². The van der Waals surface area contributed by atoms with Crippen molar-refractivity contribution in [3.8, 4) is 17.2 Å². The first kappa shape index (κ1) is 12.1. The van der Waals surface area contributed by atoms with E-state index in [1.807, 2.05) is 30.3 Å². The second kappa shape index (κ2) is 4.02. The molecule has 0 saturated carbocycles. The minimum absolute atomic E-state index is 0.0580. The Bertz CT molecular complexity index is 623. The Morgan fingerprint density at radius 1 is 0.947 bits per heavy atom. The number of aromatic hydroxyl groups is 1. The largest absolute Gasteiger partial charge is 0.504 e. The average molecular weight is 254 g/mol. The van der Waals surface area contributed by atoms with E-state index in [1.54, 1.807) is 6.07 Å². The Morgan fingerprint density at radius 2 is 1.63 bits per heavy atom. The fourth-order valence-electron chi connectivity index (χ4n) is 2.90. The molecule has 0 fully saturated rings. The minimum Gasteiger partial charge on any atom is -0.504 e. The zero-order chi connectivity index (χ0) is 13.6. The van der Waals surface area contributed by atoms with Gasteiger partial charge in [0.25, 0.3) is 0 Å². The van der Waals surface area contributed by atoms with Crippen LogP contribution in [0.2, 0.25) is 0 Å². The van der Waals surface area contributed by atoms with E-state index in [1.165, 1.54) is 5.56 Å². The summed E-state index contributed by atoms with van der Waals surface area (Å²) in [6.07, 6.45) is 0. The van der Waals surface area contributed by atoms with Gasteiger partial charge in [0.2, 0.25) is 0 Å². The summed E-state index contributed by atoms with van der Waals surface area (Å²) in [5, 5.41) is 10.0. The Hall–Kier alpha value is -1.96. The second-order valence-corrected chi connectivity index (χ2v) is 6.13. The molecule has 98 valence electrons. The monoisotopic (exact) mass is 254 g/mol. The van der Waals surface area contributed by atoms with Crippen LogP contribution in [0.5, 0.6) is 17.2 Å². The molecule has 0 aliphatic carbocycles. The van der Waals surface area contributed by atoms with Crippen molar-refractivity contribution in [1.29, 1.82) is 0 Å². The standard InChI is InChI=1S/C17H18O2/c1-17(2,3)15-11-7-4-5-10-14(11)19-16-12(15)8-6-9-13(16)18/h4-10,15,18H,1-3H3. The molecule has 1 heterocycles. The van der Waals surface area contributed by atoms with Crippen LogP contribution in [0.15, 0.2) is 42.5 Å². The second-order valence-electron chi connectivity index (χ2n) is 6.13. The van der Waals surface area contributed by atoms with Crippen LogP contribution < -0.4 is 4.74 Å². The maximum atomic E-state index is 10.0. The summed E-state index contributed by atoms with van der Waals surface area (Å²) in [6.45, 7) is 6.65. The van der Waals surface area contributed by atoms with Gasteiger partial charge < -0.3 is 9.84 Å². The Kier molecular flexibility index (Phi) is 2.56. The van der Waals surface area contributed by atoms with Crippen LogP contribution in [0.1, 0.15) is 37.8 Å². The summed E-state index contributed by atoms with van der Waals surface area (Å²) >= 11 is 0. The van der Waals surface area contributed by atoms with E-state index in [4.69, 9.17) is 4.74 Å². The van der Waals surface area contributed by atoms with E-state index in [-0.39, 0.29) is 17.1 Å². The fraction of sp³-hybridized carbons (Fsp3) is 0.294. The van der Waals surface area contributed by atoms with Gasteiger partial charge in [-0.25, -0.2) is 0 Å². The van der Waals surface area contributed by atoms with Crippen molar-refractivity contribution in [2.45, 2.75) is 26.7 Å². The summed E-state index contributed by atoms with van der Waals surface area (Å²) in [4.78, 5) is 0. The van der Waals surface area contributed by atoms with Crippen LogP contribution in [-0.4, -0.2) is 5.11 Å². The zero-order valence-electron chi connectivity index (χ0n) is 11.5. The van der Waals surface area contributed by atoms with Gasteiger partial charge in [-0.2, -0.15) is 0 Å². The van der Waals surface area contributed by atoms with E-state index in [2.05, 4.69) is 26.8 Å². The molecule has 2 heteroatoms. The number of para-hydroxylation sites is 2. The lowest BCUT2D eigenvalue weighted by Crippen LogP contribution is -2.23. The number of ether oxygens (including phenoxy) is 1. The molecule has 3 rings (SSSR count). The molecule has 0 amide bonds. The first-order valence-electron chi connectivity index (χ1n) is 6.57. The van der Waals surface area contributed by atoms with Crippen LogP contribution in [0, 0.1) is 5.41 Å². The van der Waals surface area contributed by atoms with Gasteiger partial charge in [-0.3, -0.25) is 0 Å². The lowest BCUT2D eigenvalue weighted by atomic mass is 9.71.